The molecule has 8 nitrogen and oxygen atoms in total. The molecule has 2 aromatic heterocycles. The van der Waals surface area contributed by atoms with Crippen LogP contribution in [0.15, 0.2) is 36.7 Å². The van der Waals surface area contributed by atoms with E-state index in [0.29, 0.717) is 17.8 Å². The maximum Gasteiger partial charge on any atom is 0.253 e. The maximum atomic E-state index is 12.6. The Morgan fingerprint density at radius 1 is 1.28 bits per heavy atom. The van der Waals surface area contributed by atoms with Crippen molar-refractivity contribution in [1.82, 2.24) is 35.3 Å². The van der Waals surface area contributed by atoms with Crippen LogP contribution in [0.2, 0.25) is 0 Å². The molecule has 0 aliphatic rings. The van der Waals surface area contributed by atoms with Gasteiger partial charge in [-0.05, 0) is 48.4 Å². The van der Waals surface area contributed by atoms with Gasteiger partial charge >= 0.3 is 0 Å². The zero-order valence-corrected chi connectivity index (χ0v) is 14.5. The average molecular weight is 339 g/mol. The number of rotatable bonds is 6. The van der Waals surface area contributed by atoms with Crippen molar-refractivity contribution in [2.75, 3.05) is 6.54 Å². The highest BCUT2D eigenvalue weighted by Gasteiger charge is 2.14. The van der Waals surface area contributed by atoms with Crippen LogP contribution in [0.1, 0.15) is 28.7 Å². The van der Waals surface area contributed by atoms with Crippen LogP contribution in [-0.4, -0.2) is 42.4 Å². The number of aromatic nitrogens is 6. The van der Waals surface area contributed by atoms with Gasteiger partial charge in [0.25, 0.3) is 5.91 Å². The van der Waals surface area contributed by atoms with Gasteiger partial charge in [0.1, 0.15) is 6.33 Å². The van der Waals surface area contributed by atoms with E-state index in [-0.39, 0.29) is 11.8 Å². The Hall–Kier alpha value is -3.03. The Morgan fingerprint density at radius 3 is 2.76 bits per heavy atom. The van der Waals surface area contributed by atoms with Gasteiger partial charge in [-0.1, -0.05) is 19.1 Å². The third-order valence-corrected chi connectivity index (χ3v) is 3.94. The quantitative estimate of drug-likeness (QED) is 0.736. The van der Waals surface area contributed by atoms with Crippen molar-refractivity contribution >= 4 is 5.91 Å². The number of benzene rings is 1. The van der Waals surface area contributed by atoms with E-state index in [1.54, 1.807) is 6.07 Å². The number of para-hydroxylation sites is 1. The fourth-order valence-electron chi connectivity index (χ4n) is 2.72. The molecule has 0 spiro atoms. The summed E-state index contributed by atoms with van der Waals surface area (Å²) in [5, 5.41) is 18.5. The van der Waals surface area contributed by atoms with Crippen LogP contribution in [0.25, 0.3) is 5.69 Å². The number of tetrazole rings is 1. The van der Waals surface area contributed by atoms with E-state index in [9.17, 15) is 4.79 Å². The first-order chi connectivity index (χ1) is 12.0. The zero-order chi connectivity index (χ0) is 17.8. The number of aryl methyl sites for hydroxylation is 2. The highest BCUT2D eigenvalue weighted by Crippen LogP contribution is 2.13. The summed E-state index contributed by atoms with van der Waals surface area (Å²) in [4.78, 5) is 12.6. The summed E-state index contributed by atoms with van der Waals surface area (Å²) in [5.74, 6) is 0.105. The van der Waals surface area contributed by atoms with Gasteiger partial charge in [-0.2, -0.15) is 9.78 Å². The predicted molar refractivity (Wildman–Crippen MR) is 92.4 cm³/mol. The minimum Gasteiger partial charge on any atom is -0.352 e. The molecule has 1 aromatic carbocycles. The Balaban J connectivity index is 1.64. The van der Waals surface area contributed by atoms with Gasteiger partial charge in [-0.25, -0.2) is 0 Å². The van der Waals surface area contributed by atoms with Crippen LogP contribution in [0.5, 0.6) is 0 Å². The second-order valence-corrected chi connectivity index (χ2v) is 6.20. The van der Waals surface area contributed by atoms with Crippen LogP contribution in [0.4, 0.5) is 0 Å². The van der Waals surface area contributed by atoms with Gasteiger partial charge in [0.2, 0.25) is 0 Å². The lowest BCUT2D eigenvalue weighted by atomic mass is 10.1. The first-order valence-corrected chi connectivity index (χ1v) is 8.16. The number of hydrogen-bond acceptors (Lipinski definition) is 5. The second-order valence-electron chi connectivity index (χ2n) is 6.20. The molecule has 2 heterocycles. The Bertz CT molecular complexity index is 854. The summed E-state index contributed by atoms with van der Waals surface area (Å²) in [6.45, 7) is 7.42. The first kappa shape index (κ1) is 16.8. The third-order valence-electron chi connectivity index (χ3n) is 3.94. The van der Waals surface area contributed by atoms with E-state index in [4.69, 9.17) is 0 Å². The van der Waals surface area contributed by atoms with Gasteiger partial charge in [0.05, 0.1) is 16.9 Å². The van der Waals surface area contributed by atoms with Crippen molar-refractivity contribution in [3.8, 4) is 5.69 Å². The summed E-state index contributed by atoms with van der Waals surface area (Å²) < 4.78 is 3.45. The zero-order valence-electron chi connectivity index (χ0n) is 14.5. The fourth-order valence-corrected chi connectivity index (χ4v) is 2.72. The molecular formula is C17H21N7O. The van der Waals surface area contributed by atoms with Crippen molar-refractivity contribution in [3.63, 3.8) is 0 Å². The molecule has 0 radical (unpaired) electrons. The number of nitrogens with zero attached hydrogens (tertiary/aromatic N) is 6. The Morgan fingerprint density at radius 2 is 2.08 bits per heavy atom. The number of carbonyl (C=O) groups is 1. The Kier molecular flexibility index (Phi) is 4.87. The van der Waals surface area contributed by atoms with E-state index in [2.05, 4.69) is 32.9 Å². The van der Waals surface area contributed by atoms with Gasteiger partial charge < -0.3 is 5.32 Å². The van der Waals surface area contributed by atoms with E-state index in [1.807, 2.05) is 42.8 Å². The van der Waals surface area contributed by atoms with Crippen LogP contribution in [0.3, 0.4) is 0 Å². The minimum absolute atomic E-state index is 0.147. The lowest BCUT2D eigenvalue weighted by Gasteiger charge is -2.15. The molecule has 0 fully saturated rings. The summed E-state index contributed by atoms with van der Waals surface area (Å²) in [7, 11) is 0. The van der Waals surface area contributed by atoms with Crippen molar-refractivity contribution in [2.45, 2.75) is 27.3 Å². The average Bonchev–Trinajstić information content (AvgIpc) is 3.23. The monoisotopic (exact) mass is 339 g/mol. The number of amides is 1. The number of hydrogen-bond donors (Lipinski definition) is 1. The molecule has 8 heteroatoms. The van der Waals surface area contributed by atoms with E-state index in [1.165, 1.54) is 11.0 Å². The van der Waals surface area contributed by atoms with Gasteiger partial charge in [-0.3, -0.25) is 9.48 Å². The summed E-state index contributed by atoms with van der Waals surface area (Å²) >= 11 is 0. The molecule has 1 N–H and O–H groups in total. The molecular weight excluding hydrogens is 318 g/mol. The van der Waals surface area contributed by atoms with E-state index >= 15 is 0 Å². The van der Waals surface area contributed by atoms with Gasteiger partial charge in [0.15, 0.2) is 0 Å². The lowest BCUT2D eigenvalue weighted by Crippen LogP contribution is -2.31. The fraction of sp³-hybridized carbons (Fsp3) is 0.353. The van der Waals surface area contributed by atoms with Crippen molar-refractivity contribution < 1.29 is 4.79 Å². The highest BCUT2D eigenvalue weighted by atomic mass is 16.1. The molecule has 1 atom stereocenters. The van der Waals surface area contributed by atoms with E-state index < -0.39 is 0 Å². The van der Waals surface area contributed by atoms with Crippen LogP contribution >= 0.6 is 0 Å². The molecule has 3 rings (SSSR count). The van der Waals surface area contributed by atoms with Crippen LogP contribution in [0, 0.1) is 19.8 Å². The number of nitrogens with one attached hydrogen (secondary N) is 1. The normalized spacial score (nSPS) is 12.1. The lowest BCUT2D eigenvalue weighted by molar-refractivity contribution is 0.0946. The van der Waals surface area contributed by atoms with Crippen LogP contribution in [-0.2, 0) is 6.54 Å². The summed E-state index contributed by atoms with van der Waals surface area (Å²) in [6, 6.07) is 9.29. The van der Waals surface area contributed by atoms with E-state index in [0.717, 1.165) is 17.9 Å². The Labute approximate surface area is 145 Å². The van der Waals surface area contributed by atoms with Crippen LogP contribution < -0.4 is 5.32 Å². The largest absolute Gasteiger partial charge is 0.352 e. The molecule has 0 aliphatic carbocycles. The molecule has 25 heavy (non-hydrogen) atoms. The molecule has 130 valence electrons. The molecule has 0 saturated heterocycles. The molecule has 1 amide bonds. The SMILES string of the molecule is Cc1cc(C)n(C[C@@H](C)CNC(=O)c2ccccc2-n2cnnn2)n1. The van der Waals surface area contributed by atoms with Crippen molar-refractivity contribution in [3.05, 3.63) is 53.6 Å². The smallest absolute Gasteiger partial charge is 0.253 e. The summed E-state index contributed by atoms with van der Waals surface area (Å²) in [6.07, 6.45) is 1.47. The molecule has 0 bridgehead atoms. The second kappa shape index (κ2) is 7.25. The standard InChI is InChI=1S/C17H21N7O/c1-12(10-23-14(3)8-13(2)20-23)9-18-17(25)15-6-4-5-7-16(15)24-11-19-21-22-24/h4-8,11-12H,9-10H2,1-3H3,(H,18,25)/t12-/m0/s1. The molecule has 0 aliphatic heterocycles. The van der Waals surface area contributed by atoms with Crippen molar-refractivity contribution in [1.29, 1.82) is 0 Å². The summed E-state index contributed by atoms with van der Waals surface area (Å²) in [5.41, 5.74) is 3.31. The van der Waals surface area contributed by atoms with Crippen molar-refractivity contribution in [2.24, 2.45) is 5.92 Å². The van der Waals surface area contributed by atoms with Gasteiger partial charge in [-0.15, -0.1) is 5.10 Å². The molecule has 3 aromatic rings. The first-order valence-electron chi connectivity index (χ1n) is 8.16. The molecule has 0 unspecified atom stereocenters. The number of carbonyl (C=O) groups excluding carboxylic acids is 1. The predicted octanol–water partition coefficient (Wildman–Crippen LogP) is 1.54. The third kappa shape index (κ3) is 3.90. The molecule has 0 saturated carbocycles. The van der Waals surface area contributed by atoms with Gasteiger partial charge in [0, 0.05) is 18.8 Å². The highest BCUT2D eigenvalue weighted by molar-refractivity contribution is 5.97. The minimum atomic E-state index is -0.147. The maximum absolute atomic E-state index is 12.6. The topological polar surface area (TPSA) is 90.5 Å².